The molecule has 3 aromatic rings. The monoisotopic (exact) mass is 504 g/mol. The van der Waals surface area contributed by atoms with Gasteiger partial charge in [-0.25, -0.2) is 4.79 Å². The summed E-state index contributed by atoms with van der Waals surface area (Å²) in [5.41, 5.74) is 3.33. The third-order valence-corrected chi connectivity index (χ3v) is 7.77. The van der Waals surface area contributed by atoms with Crippen LogP contribution in [0.5, 0.6) is 5.75 Å². The highest BCUT2D eigenvalue weighted by molar-refractivity contribution is 8.01. The summed E-state index contributed by atoms with van der Waals surface area (Å²) in [6.07, 6.45) is 0. The number of thioether (sulfide) groups is 1. The number of halogens is 1. The van der Waals surface area contributed by atoms with Crippen molar-refractivity contribution in [2.45, 2.75) is 11.4 Å². The van der Waals surface area contributed by atoms with E-state index in [9.17, 15) is 14.9 Å². The second-order valence-corrected chi connectivity index (χ2v) is 9.90. The number of urea groups is 1. The molecule has 0 radical (unpaired) electrons. The van der Waals surface area contributed by atoms with Crippen LogP contribution in [0.25, 0.3) is 0 Å². The fraction of sp³-hybridized carbons (Fsp3) is 0.192. The topological polar surface area (TPSA) is 85.7 Å². The summed E-state index contributed by atoms with van der Waals surface area (Å²) in [6.45, 7) is 0.678. The average molecular weight is 505 g/mol. The summed E-state index contributed by atoms with van der Waals surface area (Å²) in [5, 5.41) is 12.7. The molecule has 0 saturated carbocycles. The Labute approximate surface area is 212 Å². The second kappa shape index (κ2) is 9.17. The summed E-state index contributed by atoms with van der Waals surface area (Å²) in [6, 6.07) is 21.3. The highest BCUT2D eigenvalue weighted by Gasteiger charge is 2.59. The minimum atomic E-state index is -1.22. The average Bonchev–Trinajstić information content (AvgIpc) is 3.41. The number of benzene rings is 3. The molecule has 1 fully saturated rings. The summed E-state index contributed by atoms with van der Waals surface area (Å²) < 4.78 is 5.46. The van der Waals surface area contributed by atoms with Gasteiger partial charge < -0.3 is 15.0 Å². The molecule has 35 heavy (non-hydrogen) atoms. The van der Waals surface area contributed by atoms with Crippen molar-refractivity contribution in [2.75, 3.05) is 29.6 Å². The molecular formula is C26H21ClN4O3S. The van der Waals surface area contributed by atoms with E-state index < -0.39 is 4.87 Å². The van der Waals surface area contributed by atoms with Crippen molar-refractivity contribution < 1.29 is 14.3 Å². The number of rotatable bonds is 4. The van der Waals surface area contributed by atoms with Crippen molar-refractivity contribution in [2.24, 2.45) is 0 Å². The zero-order valence-electron chi connectivity index (χ0n) is 18.8. The summed E-state index contributed by atoms with van der Waals surface area (Å²) in [5.74, 6) is 1.00. The van der Waals surface area contributed by atoms with Gasteiger partial charge in [0, 0.05) is 28.6 Å². The van der Waals surface area contributed by atoms with Crippen LogP contribution in [0.15, 0.2) is 66.7 Å². The van der Waals surface area contributed by atoms with E-state index in [1.54, 1.807) is 65.4 Å². The molecular weight excluding hydrogens is 484 g/mol. The molecule has 1 saturated heterocycles. The van der Waals surface area contributed by atoms with Crippen LogP contribution in [0.2, 0.25) is 5.02 Å². The molecule has 176 valence electrons. The fourth-order valence-corrected chi connectivity index (χ4v) is 6.20. The van der Waals surface area contributed by atoms with E-state index in [2.05, 4.69) is 11.4 Å². The Morgan fingerprint density at radius 2 is 2.03 bits per heavy atom. The van der Waals surface area contributed by atoms with E-state index in [1.807, 2.05) is 18.2 Å². The second-order valence-electron chi connectivity index (χ2n) is 8.17. The molecule has 1 atom stereocenters. The van der Waals surface area contributed by atoms with Crippen LogP contribution in [-0.2, 0) is 16.2 Å². The Hall–Kier alpha value is -3.67. The Balaban J connectivity index is 1.55. The first-order valence-corrected chi connectivity index (χ1v) is 12.3. The van der Waals surface area contributed by atoms with Crippen LogP contribution in [0.3, 0.4) is 0 Å². The standard InChI is InChI=1S/C26H21ClN4O3S/c1-34-21-8-9-23-22(14-21)26(24(32)30(23)16-18-5-2-4-17(12-18)15-28)31(10-11-35-26)25(33)29-20-7-3-6-19(27)13-20/h2-9,12-14H,10-11,16H2,1H3,(H,29,33)/t26-/m1/s1. The predicted octanol–water partition coefficient (Wildman–Crippen LogP) is 5.20. The lowest BCUT2D eigenvalue weighted by Gasteiger charge is -2.33. The van der Waals surface area contributed by atoms with E-state index in [0.29, 0.717) is 45.6 Å². The molecule has 7 nitrogen and oxygen atoms in total. The number of methoxy groups -OCH3 is 1. The Morgan fingerprint density at radius 1 is 1.20 bits per heavy atom. The molecule has 3 aromatic carbocycles. The molecule has 9 heteroatoms. The normalized spacial score (nSPS) is 18.5. The molecule has 1 N–H and O–H groups in total. The van der Waals surface area contributed by atoms with E-state index in [0.717, 1.165) is 5.56 Å². The lowest BCUT2D eigenvalue weighted by atomic mass is 10.1. The van der Waals surface area contributed by atoms with E-state index in [4.69, 9.17) is 16.3 Å². The number of ether oxygens (including phenoxy) is 1. The van der Waals surface area contributed by atoms with Crippen molar-refractivity contribution in [3.8, 4) is 11.8 Å². The fourth-order valence-electron chi connectivity index (χ4n) is 4.56. The molecule has 3 amide bonds. The molecule has 0 aliphatic carbocycles. The third kappa shape index (κ3) is 3.97. The number of amides is 3. The molecule has 0 bridgehead atoms. The largest absolute Gasteiger partial charge is 0.497 e. The first kappa shape index (κ1) is 23.1. The number of hydrogen-bond acceptors (Lipinski definition) is 5. The van der Waals surface area contributed by atoms with Gasteiger partial charge in [-0.15, -0.1) is 11.8 Å². The van der Waals surface area contributed by atoms with Gasteiger partial charge in [-0.2, -0.15) is 5.26 Å². The van der Waals surface area contributed by atoms with Gasteiger partial charge in [-0.05, 0) is 54.1 Å². The number of nitrogens with zero attached hydrogens (tertiary/aromatic N) is 3. The van der Waals surface area contributed by atoms with Crippen LogP contribution < -0.4 is 15.0 Å². The van der Waals surface area contributed by atoms with E-state index in [-0.39, 0.29) is 18.5 Å². The van der Waals surface area contributed by atoms with Gasteiger partial charge in [0.15, 0.2) is 4.87 Å². The third-order valence-electron chi connectivity index (χ3n) is 6.12. The van der Waals surface area contributed by atoms with Gasteiger partial charge in [0.2, 0.25) is 0 Å². The van der Waals surface area contributed by atoms with Gasteiger partial charge in [0.1, 0.15) is 5.75 Å². The van der Waals surface area contributed by atoms with E-state index >= 15 is 0 Å². The zero-order chi connectivity index (χ0) is 24.6. The highest BCUT2D eigenvalue weighted by Crippen LogP contribution is 2.55. The van der Waals surface area contributed by atoms with Gasteiger partial charge >= 0.3 is 6.03 Å². The number of fused-ring (bicyclic) bond motifs is 2. The minimum Gasteiger partial charge on any atom is -0.497 e. The number of nitrogens with one attached hydrogen (secondary N) is 1. The van der Waals surface area contributed by atoms with Crippen molar-refractivity contribution in [1.29, 1.82) is 5.26 Å². The van der Waals surface area contributed by atoms with Crippen molar-refractivity contribution >= 4 is 46.7 Å². The smallest absolute Gasteiger partial charge is 0.323 e. The van der Waals surface area contributed by atoms with Crippen molar-refractivity contribution in [3.05, 3.63) is 88.4 Å². The maximum atomic E-state index is 14.1. The summed E-state index contributed by atoms with van der Waals surface area (Å²) in [4.78, 5) is 29.6. The molecule has 0 aromatic heterocycles. The number of hydrogen-bond donors (Lipinski definition) is 1. The zero-order valence-corrected chi connectivity index (χ0v) is 20.4. The van der Waals surface area contributed by atoms with Gasteiger partial charge in [0.25, 0.3) is 5.91 Å². The molecule has 2 heterocycles. The minimum absolute atomic E-state index is 0.202. The van der Waals surface area contributed by atoms with Gasteiger partial charge in [0.05, 0.1) is 31.0 Å². The van der Waals surface area contributed by atoms with Crippen LogP contribution in [0.1, 0.15) is 16.7 Å². The number of nitriles is 1. The summed E-state index contributed by atoms with van der Waals surface area (Å²) >= 11 is 7.52. The molecule has 2 aliphatic rings. The van der Waals surface area contributed by atoms with E-state index in [1.165, 1.54) is 11.8 Å². The van der Waals surface area contributed by atoms with Crippen molar-refractivity contribution in [3.63, 3.8) is 0 Å². The summed E-state index contributed by atoms with van der Waals surface area (Å²) in [7, 11) is 1.57. The number of carbonyl (C=O) groups excluding carboxylic acids is 2. The van der Waals surface area contributed by atoms with Crippen LogP contribution in [-0.4, -0.2) is 36.2 Å². The van der Waals surface area contributed by atoms with Gasteiger partial charge in [-0.1, -0.05) is 29.8 Å². The molecule has 0 unspecified atom stereocenters. The first-order chi connectivity index (χ1) is 17.0. The van der Waals surface area contributed by atoms with Crippen molar-refractivity contribution in [1.82, 2.24) is 4.90 Å². The Bertz CT molecular complexity index is 1370. The Kier molecular flexibility index (Phi) is 6.05. The van der Waals surface area contributed by atoms with Crippen LogP contribution >= 0.6 is 23.4 Å². The number of carbonyl (C=O) groups is 2. The van der Waals surface area contributed by atoms with Gasteiger partial charge in [-0.3, -0.25) is 9.69 Å². The highest BCUT2D eigenvalue weighted by atomic mass is 35.5. The lowest BCUT2D eigenvalue weighted by Crippen LogP contribution is -2.51. The van der Waals surface area contributed by atoms with Crippen LogP contribution in [0.4, 0.5) is 16.2 Å². The Morgan fingerprint density at radius 3 is 2.80 bits per heavy atom. The molecule has 2 aliphatic heterocycles. The maximum absolute atomic E-state index is 14.1. The lowest BCUT2D eigenvalue weighted by molar-refractivity contribution is -0.123. The maximum Gasteiger partial charge on any atom is 0.323 e. The molecule has 5 rings (SSSR count). The predicted molar refractivity (Wildman–Crippen MR) is 137 cm³/mol. The number of anilines is 2. The quantitative estimate of drug-likeness (QED) is 0.527. The van der Waals surface area contributed by atoms with Crippen LogP contribution in [0, 0.1) is 11.3 Å². The SMILES string of the molecule is COc1ccc2c(c1)[C@@]1(SCCN1C(=O)Nc1cccc(Cl)c1)C(=O)N2Cc1cccc(C#N)c1. The first-order valence-electron chi connectivity index (χ1n) is 10.9. The molecule has 1 spiro atoms.